The van der Waals surface area contributed by atoms with Crippen LogP contribution in [0.15, 0.2) is 30.3 Å². The normalized spacial score (nSPS) is 16.7. The number of hydrogen-bond donors (Lipinski definition) is 3. The predicted molar refractivity (Wildman–Crippen MR) is 182 cm³/mol. The van der Waals surface area contributed by atoms with E-state index in [2.05, 4.69) is 19.9 Å². The van der Waals surface area contributed by atoms with Gasteiger partial charge in [0.05, 0.1) is 22.8 Å². The van der Waals surface area contributed by atoms with Gasteiger partial charge in [-0.15, -0.1) is 22.1 Å². The first-order valence-electron chi connectivity index (χ1n) is 14.5. The number of nitrogens with zero attached hydrogens (tertiary/aromatic N) is 4. The monoisotopic (exact) mass is 681 g/mol. The van der Waals surface area contributed by atoms with Crippen molar-refractivity contribution < 1.29 is 36.9 Å². The van der Waals surface area contributed by atoms with Crippen LogP contribution in [0.3, 0.4) is 0 Å². The van der Waals surface area contributed by atoms with E-state index in [0.29, 0.717) is 33.2 Å². The second-order valence-electron chi connectivity index (χ2n) is 11.4. The molecule has 0 spiro atoms. The number of carbonyl (C=O) groups is 2. The van der Waals surface area contributed by atoms with Crippen LogP contribution in [0.25, 0.3) is 50.4 Å². The molecule has 3 aromatic heterocycles. The Morgan fingerprint density at radius 1 is 0.933 bits per heavy atom. The number of thiol groups is 2. The Labute approximate surface area is 281 Å². The molecular weight excluding hydrogens is 648 g/mol. The smallest absolute Gasteiger partial charge is 0.657 e. The molecule has 1 saturated heterocycles. The number of rotatable bonds is 7. The molecule has 0 aromatic carbocycles. The van der Waals surface area contributed by atoms with Gasteiger partial charge in [-0.05, 0) is 86.7 Å². The zero-order valence-electron chi connectivity index (χ0n) is 25.5. The molecule has 6 heterocycles. The van der Waals surface area contributed by atoms with Crippen LogP contribution < -0.4 is 9.97 Å². The molecule has 3 aromatic rings. The van der Waals surface area contributed by atoms with E-state index in [1.54, 1.807) is 6.08 Å². The molecule has 0 saturated carbocycles. The number of aryl methyl sites for hydroxylation is 2. The van der Waals surface area contributed by atoms with Gasteiger partial charge in [0, 0.05) is 23.3 Å². The Bertz CT molecular complexity index is 2020. The standard InChI is InChI=1S/C34H34N4O4S2.Fe/c1-15-20(6-8-31(39)40)26-13-27-21(7-9-32(41)42)16(2)23(36-27)11-28-33(19(5)43)17(3)25(37-28)12-29-34(30-14-44-30)18(4)24(38-29)10-22(15)35-26;/h6,8,10-13,19,30H,7,9,14H2,1-5H3,(H5,35,36,37,38,39,40,41,42,43);/q;+2/p-1/b8-6-,22-10?,23-11?,24-10?,25-12?,26-13?,27-13?,28-11?,29-12?;/t19-,30-;/m0./s1. The van der Waals surface area contributed by atoms with E-state index in [1.807, 2.05) is 39.0 Å². The molecular formula is C34H33FeN4O4S2+. The van der Waals surface area contributed by atoms with Crippen molar-refractivity contribution in [1.82, 2.24) is 19.9 Å². The van der Waals surface area contributed by atoms with Crippen molar-refractivity contribution in [2.75, 3.05) is 5.75 Å². The Kier molecular flexibility index (Phi) is 9.29. The summed E-state index contributed by atoms with van der Waals surface area (Å²) >= 11 is 6.19. The fourth-order valence-corrected chi connectivity index (χ4v) is 7.19. The quantitative estimate of drug-likeness (QED) is 0.0885. The van der Waals surface area contributed by atoms with Crippen molar-refractivity contribution >= 4 is 86.8 Å². The Hall–Kier alpha value is -3.50. The molecule has 3 aliphatic rings. The maximum Gasteiger partial charge on any atom is 2.00 e. The van der Waals surface area contributed by atoms with Crippen LogP contribution in [0, 0.1) is 13.8 Å². The summed E-state index contributed by atoms with van der Waals surface area (Å²) in [5.41, 5.74) is 13.5. The van der Waals surface area contributed by atoms with Crippen LogP contribution in [-0.2, 0) is 38.4 Å². The molecule has 8 bridgehead atoms. The van der Waals surface area contributed by atoms with Crippen molar-refractivity contribution in [3.63, 3.8) is 0 Å². The molecule has 0 unspecified atom stereocenters. The minimum absolute atomic E-state index is 0. The van der Waals surface area contributed by atoms with Crippen molar-refractivity contribution in [1.29, 1.82) is 0 Å². The van der Waals surface area contributed by atoms with Crippen molar-refractivity contribution in [3.8, 4) is 0 Å². The van der Waals surface area contributed by atoms with E-state index in [9.17, 15) is 19.8 Å². The minimum atomic E-state index is -1.06. The Morgan fingerprint density at radius 3 is 2.16 bits per heavy atom. The van der Waals surface area contributed by atoms with E-state index in [1.165, 1.54) is 17.3 Å². The molecule has 45 heavy (non-hydrogen) atoms. The summed E-state index contributed by atoms with van der Waals surface area (Å²) < 4.78 is 0. The van der Waals surface area contributed by atoms with Crippen molar-refractivity contribution in [3.05, 3.63) is 75.4 Å². The summed E-state index contributed by atoms with van der Waals surface area (Å²) in [6.07, 6.45) is 2.90. The molecule has 0 aliphatic carbocycles. The van der Waals surface area contributed by atoms with Crippen LogP contribution in [0.5, 0.6) is 0 Å². The molecule has 2 N–H and O–H groups in total. The third kappa shape index (κ3) is 6.31. The van der Waals surface area contributed by atoms with Gasteiger partial charge in [0.25, 0.3) is 0 Å². The molecule has 0 radical (unpaired) electrons. The van der Waals surface area contributed by atoms with Gasteiger partial charge in [-0.1, -0.05) is 35.4 Å². The van der Waals surface area contributed by atoms with E-state index >= 15 is 0 Å². The van der Waals surface area contributed by atoms with Gasteiger partial charge in [0.2, 0.25) is 0 Å². The van der Waals surface area contributed by atoms with Crippen LogP contribution in [0.1, 0.15) is 83.9 Å². The van der Waals surface area contributed by atoms with Gasteiger partial charge < -0.3 is 20.2 Å². The molecule has 8 nitrogen and oxygen atoms in total. The number of fused-ring (bicyclic) bond motifs is 8. The zero-order chi connectivity index (χ0) is 31.4. The second kappa shape index (κ2) is 12.7. The summed E-state index contributed by atoms with van der Waals surface area (Å²) in [6.45, 7) is 10.1. The molecule has 3 aliphatic heterocycles. The number of allylic oxidation sites excluding steroid dienone is 3. The van der Waals surface area contributed by atoms with Gasteiger partial charge in [-0.2, -0.15) is 12.6 Å². The molecule has 0 amide bonds. The fraction of sp³-hybridized carbons (Fsp3) is 0.294. The second-order valence-corrected chi connectivity index (χ2v) is 13.6. The summed E-state index contributed by atoms with van der Waals surface area (Å²) in [5, 5.41) is 19.3. The zero-order valence-corrected chi connectivity index (χ0v) is 28.4. The third-order valence-electron chi connectivity index (χ3n) is 8.49. The van der Waals surface area contributed by atoms with Gasteiger partial charge in [-0.25, -0.2) is 14.8 Å². The van der Waals surface area contributed by atoms with Crippen molar-refractivity contribution in [2.24, 2.45) is 0 Å². The fourth-order valence-electron chi connectivity index (χ4n) is 6.06. The number of hydrogen-bond acceptors (Lipinski definition) is 5. The Morgan fingerprint density at radius 2 is 1.51 bits per heavy atom. The van der Waals surface area contributed by atoms with Crippen LogP contribution in [0.4, 0.5) is 0 Å². The number of aliphatic carboxylic acids is 2. The van der Waals surface area contributed by atoms with Gasteiger partial charge >= 0.3 is 29.0 Å². The van der Waals surface area contributed by atoms with E-state index < -0.39 is 11.9 Å². The van der Waals surface area contributed by atoms with Crippen LogP contribution in [-0.4, -0.2) is 43.1 Å². The Balaban J connectivity index is 0.00000400. The van der Waals surface area contributed by atoms with Gasteiger partial charge in [0.1, 0.15) is 0 Å². The van der Waals surface area contributed by atoms with Crippen molar-refractivity contribution in [2.45, 2.75) is 58.0 Å². The summed E-state index contributed by atoms with van der Waals surface area (Å²) in [5.74, 6) is -0.857. The first-order valence-corrected chi connectivity index (χ1v) is 16.1. The third-order valence-corrected chi connectivity index (χ3v) is 9.74. The minimum Gasteiger partial charge on any atom is -0.657 e. The first kappa shape index (κ1) is 32.9. The number of aromatic nitrogens is 4. The summed E-state index contributed by atoms with van der Waals surface area (Å²) in [4.78, 5) is 43.1. The van der Waals surface area contributed by atoms with Gasteiger partial charge in [-0.3, -0.25) is 4.79 Å². The largest absolute Gasteiger partial charge is 2.00 e. The number of carboxylic acids is 2. The van der Waals surface area contributed by atoms with Crippen LogP contribution in [0.2, 0.25) is 0 Å². The SMILES string of the molecule is CC1=C(CCC(=O)O)c2cc3[n-]c(cc4nc(cc5[n-]c(cc1n2)c([C@H](C)S)c5C)C([C@@H]1C[SH+]1)=C4C)c(C)c3/C=C\C(=O)O.[Fe+2]. The van der Waals surface area contributed by atoms with Gasteiger partial charge in [0.15, 0.2) is 11.0 Å². The molecule has 1 fully saturated rings. The average Bonchev–Trinajstić information content (AvgIpc) is 3.49. The topological polar surface area (TPSA) is 129 Å². The molecule has 11 heteroatoms. The number of carboxylic acid groups (broad SMARTS) is 2. The molecule has 2 atom stereocenters. The van der Waals surface area contributed by atoms with E-state index in [4.69, 9.17) is 32.6 Å². The van der Waals surface area contributed by atoms with E-state index in [-0.39, 0.29) is 35.2 Å². The molecule has 6 rings (SSSR count). The maximum atomic E-state index is 11.6. The first-order chi connectivity index (χ1) is 20.9. The average molecular weight is 682 g/mol. The molecule has 232 valence electrons. The predicted octanol–water partition coefficient (Wildman–Crippen LogP) is 6.20. The summed E-state index contributed by atoms with van der Waals surface area (Å²) in [7, 11) is 0. The van der Waals surface area contributed by atoms with E-state index in [0.717, 1.165) is 67.7 Å². The maximum absolute atomic E-state index is 11.6. The van der Waals surface area contributed by atoms with Crippen LogP contribution >= 0.6 is 12.6 Å². The summed E-state index contributed by atoms with van der Waals surface area (Å²) in [6, 6.07) is 7.83.